The number of nitrogens with one attached hydrogen (secondary N) is 1. The Hall–Kier alpha value is -1.85. The van der Waals surface area contributed by atoms with Gasteiger partial charge in [-0.2, -0.15) is 0 Å². The maximum atomic E-state index is 11.8. The highest BCUT2D eigenvalue weighted by Gasteiger charge is 2.12. The van der Waals surface area contributed by atoms with E-state index in [4.69, 9.17) is 23.2 Å². The number of anilines is 1. The Balaban J connectivity index is 2.10. The molecule has 0 fully saturated rings. The Bertz CT molecular complexity index is 599. The van der Waals surface area contributed by atoms with Crippen LogP contribution in [-0.4, -0.2) is 21.0 Å². The first kappa shape index (κ1) is 13.6. The number of nitrogens with zero attached hydrogens (tertiary/aromatic N) is 2. The molecule has 2 aromatic rings. The van der Waals surface area contributed by atoms with Gasteiger partial charge in [0.05, 0.1) is 6.42 Å². The van der Waals surface area contributed by atoms with Crippen LogP contribution in [-0.2, 0) is 11.2 Å². The molecule has 0 spiro atoms. The van der Waals surface area contributed by atoms with Crippen molar-refractivity contribution in [2.75, 3.05) is 5.32 Å². The average molecular weight is 298 g/mol. The van der Waals surface area contributed by atoms with Gasteiger partial charge in [0.2, 0.25) is 5.91 Å². The van der Waals surface area contributed by atoms with E-state index in [1.165, 1.54) is 18.5 Å². The van der Waals surface area contributed by atoms with Gasteiger partial charge < -0.3 is 10.4 Å². The lowest BCUT2D eigenvalue weighted by Crippen LogP contribution is -2.15. The van der Waals surface area contributed by atoms with E-state index in [0.717, 1.165) is 0 Å². The number of phenols is 1. The molecular formula is C12H9Cl2N3O2. The smallest absolute Gasteiger partial charge is 0.228 e. The topological polar surface area (TPSA) is 75.1 Å². The minimum Gasteiger partial charge on any atom is -0.508 e. The molecule has 0 atom stereocenters. The summed E-state index contributed by atoms with van der Waals surface area (Å²) in [5, 5.41) is 12.0. The van der Waals surface area contributed by atoms with Crippen molar-refractivity contribution < 1.29 is 9.90 Å². The zero-order chi connectivity index (χ0) is 13.8. The monoisotopic (exact) mass is 297 g/mol. The fraction of sp³-hybridized carbons (Fsp3) is 0.0833. The van der Waals surface area contributed by atoms with E-state index >= 15 is 0 Å². The average Bonchev–Trinajstić information content (AvgIpc) is 2.34. The molecule has 2 rings (SSSR count). The van der Waals surface area contributed by atoms with Gasteiger partial charge in [0.15, 0.2) is 10.3 Å². The van der Waals surface area contributed by atoms with Crippen LogP contribution in [0, 0.1) is 0 Å². The third kappa shape index (κ3) is 3.56. The maximum Gasteiger partial charge on any atom is 0.228 e. The fourth-order valence-electron chi connectivity index (χ4n) is 1.48. The number of amides is 1. The largest absolute Gasteiger partial charge is 0.508 e. The number of hydrogen-bond donors (Lipinski definition) is 2. The number of carbonyl (C=O) groups excluding carboxylic acids is 1. The molecule has 19 heavy (non-hydrogen) atoms. The zero-order valence-corrected chi connectivity index (χ0v) is 11.1. The van der Waals surface area contributed by atoms with Crippen LogP contribution in [0.5, 0.6) is 5.75 Å². The van der Waals surface area contributed by atoms with Crippen LogP contribution >= 0.6 is 23.2 Å². The van der Waals surface area contributed by atoms with Crippen molar-refractivity contribution in [3.8, 4) is 5.75 Å². The minimum absolute atomic E-state index is 0.0734. The quantitative estimate of drug-likeness (QED) is 0.854. The van der Waals surface area contributed by atoms with Gasteiger partial charge in [-0.25, -0.2) is 9.97 Å². The summed E-state index contributed by atoms with van der Waals surface area (Å²) in [6, 6.07) is 6.41. The van der Waals surface area contributed by atoms with Gasteiger partial charge in [-0.15, -0.1) is 0 Å². The molecular weight excluding hydrogens is 289 g/mol. The second-order valence-corrected chi connectivity index (χ2v) is 4.44. The molecule has 0 radical (unpaired) electrons. The number of benzene rings is 1. The summed E-state index contributed by atoms with van der Waals surface area (Å²) in [5.41, 5.74) is 0.845. The van der Waals surface area contributed by atoms with Gasteiger partial charge in [-0.3, -0.25) is 4.79 Å². The van der Waals surface area contributed by atoms with Crippen molar-refractivity contribution in [3.05, 3.63) is 46.5 Å². The predicted molar refractivity (Wildman–Crippen MR) is 72.5 cm³/mol. The van der Waals surface area contributed by atoms with E-state index in [0.29, 0.717) is 5.56 Å². The van der Waals surface area contributed by atoms with E-state index < -0.39 is 0 Å². The maximum absolute atomic E-state index is 11.8. The van der Waals surface area contributed by atoms with Crippen LogP contribution in [0.4, 0.5) is 5.69 Å². The van der Waals surface area contributed by atoms with Gasteiger partial charge in [-0.1, -0.05) is 35.3 Å². The standard InChI is InChI=1S/C12H9Cl2N3O2/c13-11-10(12(14)16-6-15-11)17-9(19)5-7-2-1-3-8(18)4-7/h1-4,6,18H,5H2,(H,17,19). The molecule has 1 amide bonds. The Labute approximate surface area is 119 Å². The van der Waals surface area contributed by atoms with Crippen LogP contribution in [0.15, 0.2) is 30.6 Å². The predicted octanol–water partition coefficient (Wildman–Crippen LogP) is 2.67. The normalized spacial score (nSPS) is 10.2. The molecule has 0 aliphatic heterocycles. The molecule has 0 unspecified atom stereocenters. The third-order valence-corrected chi connectivity index (χ3v) is 2.87. The van der Waals surface area contributed by atoms with Gasteiger partial charge in [0.1, 0.15) is 17.8 Å². The van der Waals surface area contributed by atoms with Crippen molar-refractivity contribution in [2.24, 2.45) is 0 Å². The van der Waals surface area contributed by atoms with E-state index in [9.17, 15) is 9.90 Å². The van der Waals surface area contributed by atoms with E-state index in [1.807, 2.05) is 0 Å². The molecule has 5 nitrogen and oxygen atoms in total. The fourth-order valence-corrected chi connectivity index (χ4v) is 1.89. The lowest BCUT2D eigenvalue weighted by Gasteiger charge is -2.07. The number of aromatic nitrogens is 2. The van der Waals surface area contributed by atoms with Crippen LogP contribution in [0.1, 0.15) is 5.56 Å². The molecule has 0 aliphatic carbocycles. The second kappa shape index (κ2) is 5.86. The summed E-state index contributed by atoms with van der Waals surface area (Å²) in [4.78, 5) is 19.3. The Kier molecular flexibility index (Phi) is 4.19. The zero-order valence-electron chi connectivity index (χ0n) is 9.60. The molecule has 2 N–H and O–H groups in total. The molecule has 7 heteroatoms. The van der Waals surface area contributed by atoms with Crippen LogP contribution in [0.2, 0.25) is 10.3 Å². The molecule has 0 saturated heterocycles. The second-order valence-electron chi connectivity index (χ2n) is 3.73. The first-order valence-electron chi connectivity index (χ1n) is 5.30. The van der Waals surface area contributed by atoms with Crippen molar-refractivity contribution in [1.82, 2.24) is 9.97 Å². The summed E-state index contributed by atoms with van der Waals surface area (Å²) >= 11 is 11.6. The van der Waals surface area contributed by atoms with Crippen LogP contribution < -0.4 is 5.32 Å². The van der Waals surface area contributed by atoms with Crippen molar-refractivity contribution in [3.63, 3.8) is 0 Å². The molecule has 1 aromatic carbocycles. The number of aromatic hydroxyl groups is 1. The third-order valence-electron chi connectivity index (χ3n) is 2.29. The Morgan fingerprint density at radius 1 is 1.26 bits per heavy atom. The van der Waals surface area contributed by atoms with Gasteiger partial charge in [0, 0.05) is 0 Å². The summed E-state index contributed by atoms with van der Waals surface area (Å²) in [6.07, 6.45) is 1.28. The Morgan fingerprint density at radius 3 is 2.58 bits per heavy atom. The number of phenolic OH excluding ortho intramolecular Hbond substituents is 1. The first-order chi connectivity index (χ1) is 9.06. The van der Waals surface area contributed by atoms with E-state index in [1.54, 1.807) is 12.1 Å². The summed E-state index contributed by atoms with van der Waals surface area (Å²) in [6.45, 7) is 0. The van der Waals surface area contributed by atoms with Gasteiger partial charge in [0.25, 0.3) is 0 Å². The van der Waals surface area contributed by atoms with Gasteiger partial charge >= 0.3 is 0 Å². The van der Waals surface area contributed by atoms with Crippen LogP contribution in [0.3, 0.4) is 0 Å². The minimum atomic E-state index is -0.329. The van der Waals surface area contributed by atoms with Crippen molar-refractivity contribution in [1.29, 1.82) is 0 Å². The first-order valence-corrected chi connectivity index (χ1v) is 6.05. The number of rotatable bonds is 3. The molecule has 0 bridgehead atoms. The molecule has 1 aromatic heterocycles. The molecule has 1 heterocycles. The highest BCUT2D eigenvalue weighted by molar-refractivity contribution is 6.38. The summed E-state index contributed by atoms with van der Waals surface area (Å²) < 4.78 is 0. The van der Waals surface area contributed by atoms with Gasteiger partial charge in [-0.05, 0) is 17.7 Å². The lowest BCUT2D eigenvalue weighted by molar-refractivity contribution is -0.115. The summed E-state index contributed by atoms with van der Waals surface area (Å²) in [5.74, 6) is -0.228. The SMILES string of the molecule is O=C(Cc1cccc(O)c1)Nc1c(Cl)ncnc1Cl. The number of hydrogen-bond acceptors (Lipinski definition) is 4. The highest BCUT2D eigenvalue weighted by Crippen LogP contribution is 2.25. The van der Waals surface area contributed by atoms with Crippen LogP contribution in [0.25, 0.3) is 0 Å². The molecule has 0 saturated carbocycles. The number of halogens is 2. The van der Waals surface area contributed by atoms with E-state index in [-0.39, 0.29) is 34.1 Å². The van der Waals surface area contributed by atoms with Crippen molar-refractivity contribution in [2.45, 2.75) is 6.42 Å². The number of carbonyl (C=O) groups is 1. The van der Waals surface area contributed by atoms with E-state index in [2.05, 4.69) is 15.3 Å². The Morgan fingerprint density at radius 2 is 1.95 bits per heavy atom. The highest BCUT2D eigenvalue weighted by atomic mass is 35.5. The summed E-state index contributed by atoms with van der Waals surface area (Å²) in [7, 11) is 0. The lowest BCUT2D eigenvalue weighted by atomic mass is 10.1. The molecule has 0 aliphatic rings. The molecule has 98 valence electrons. The van der Waals surface area contributed by atoms with Crippen molar-refractivity contribution >= 4 is 34.8 Å².